The predicted octanol–water partition coefficient (Wildman–Crippen LogP) is 5.46. The van der Waals surface area contributed by atoms with Crippen LogP contribution in [-0.2, 0) is 16.8 Å². The van der Waals surface area contributed by atoms with Gasteiger partial charge < -0.3 is 4.55 Å². The molecule has 1 fully saturated rings. The molecule has 1 aromatic heterocycles. The maximum atomic E-state index is 13.6. The second kappa shape index (κ2) is 9.42. The quantitative estimate of drug-likeness (QED) is 0.513. The van der Waals surface area contributed by atoms with Crippen molar-refractivity contribution in [2.24, 2.45) is 0 Å². The van der Waals surface area contributed by atoms with Crippen molar-refractivity contribution < 1.29 is 13.2 Å². The van der Waals surface area contributed by atoms with Gasteiger partial charge in [-0.1, -0.05) is 55.1 Å². The zero-order chi connectivity index (χ0) is 22.0. The Morgan fingerprint density at radius 3 is 2.48 bits per heavy atom. The molecule has 1 saturated carbocycles. The van der Waals surface area contributed by atoms with E-state index in [2.05, 4.69) is 5.10 Å². The van der Waals surface area contributed by atoms with Gasteiger partial charge in [-0.25, -0.2) is 8.60 Å². The van der Waals surface area contributed by atoms with E-state index in [0.717, 1.165) is 48.8 Å². The summed E-state index contributed by atoms with van der Waals surface area (Å²) in [6.07, 6.45) is 6.81. The Morgan fingerprint density at radius 2 is 1.84 bits per heavy atom. The van der Waals surface area contributed by atoms with Gasteiger partial charge in [0.2, 0.25) is 0 Å². The first-order valence-corrected chi connectivity index (χ1v) is 11.8. The number of hydrogen-bond donors (Lipinski definition) is 1. The summed E-state index contributed by atoms with van der Waals surface area (Å²) in [4.78, 5) is 13.6. The Morgan fingerprint density at radius 1 is 1.13 bits per heavy atom. The highest BCUT2D eigenvalue weighted by molar-refractivity contribution is 7.78. The van der Waals surface area contributed by atoms with Crippen LogP contribution >= 0.6 is 11.6 Å². The fraction of sp³-hybridized carbons (Fsp3) is 0.304. The molecule has 5 nitrogen and oxygen atoms in total. The fourth-order valence-electron chi connectivity index (χ4n) is 4.21. The summed E-state index contributed by atoms with van der Waals surface area (Å²) in [5.74, 6) is -0.376. The largest absolute Gasteiger partial charge is 0.306 e. The summed E-state index contributed by atoms with van der Waals surface area (Å²) in [6.45, 7) is 0. The van der Waals surface area contributed by atoms with Crippen LogP contribution in [0.25, 0.3) is 16.8 Å². The molecule has 1 unspecified atom stereocenters. The lowest BCUT2D eigenvalue weighted by molar-refractivity contribution is 0.439. The number of benzene rings is 2. The van der Waals surface area contributed by atoms with Crippen molar-refractivity contribution in [1.82, 2.24) is 9.78 Å². The molecule has 0 radical (unpaired) electrons. The van der Waals surface area contributed by atoms with Gasteiger partial charge >= 0.3 is 0 Å². The van der Waals surface area contributed by atoms with E-state index in [0.29, 0.717) is 11.3 Å². The van der Waals surface area contributed by atoms with Gasteiger partial charge in [-0.15, -0.1) is 0 Å². The van der Waals surface area contributed by atoms with E-state index in [4.69, 9.17) is 16.2 Å². The maximum absolute atomic E-state index is 13.6. The van der Waals surface area contributed by atoms with E-state index in [1.165, 1.54) is 22.9 Å². The molecule has 3 aromatic rings. The minimum atomic E-state index is -1.91. The molecule has 0 bridgehead atoms. The van der Waals surface area contributed by atoms with Gasteiger partial charge in [-0.2, -0.15) is 9.78 Å². The van der Waals surface area contributed by atoms with Gasteiger partial charge in [-0.3, -0.25) is 4.79 Å². The zero-order valence-electron chi connectivity index (χ0n) is 16.8. The van der Waals surface area contributed by atoms with Gasteiger partial charge in [0, 0.05) is 11.1 Å². The Labute approximate surface area is 187 Å². The molecule has 31 heavy (non-hydrogen) atoms. The Bertz CT molecular complexity index is 1170. The summed E-state index contributed by atoms with van der Waals surface area (Å²) in [5, 5.41) is 4.29. The minimum absolute atomic E-state index is 0.0565. The molecule has 1 heterocycles. The molecule has 0 spiro atoms. The van der Waals surface area contributed by atoms with E-state index in [-0.39, 0.29) is 22.3 Å². The maximum Gasteiger partial charge on any atom is 0.275 e. The third-order valence-corrected chi connectivity index (χ3v) is 6.60. The molecule has 1 aliphatic rings. The average Bonchev–Trinajstić information content (AvgIpc) is 2.76. The van der Waals surface area contributed by atoms with Crippen LogP contribution in [0.4, 0.5) is 4.39 Å². The lowest BCUT2D eigenvalue weighted by Gasteiger charge is -2.24. The molecule has 1 atom stereocenters. The van der Waals surface area contributed by atoms with Gasteiger partial charge in [0.15, 0.2) is 11.1 Å². The van der Waals surface area contributed by atoms with Gasteiger partial charge in [-0.05, 0) is 48.1 Å². The van der Waals surface area contributed by atoms with Crippen molar-refractivity contribution in [1.29, 1.82) is 0 Å². The highest BCUT2D eigenvalue weighted by Crippen LogP contribution is 2.36. The molecule has 0 aliphatic heterocycles. The monoisotopic (exact) mass is 460 g/mol. The van der Waals surface area contributed by atoms with E-state index in [1.54, 1.807) is 18.3 Å². The van der Waals surface area contributed by atoms with Crippen LogP contribution in [0, 0.1) is 5.82 Å². The average molecular weight is 461 g/mol. The lowest BCUT2D eigenvalue weighted by Crippen LogP contribution is -2.28. The first kappa shape index (κ1) is 21.9. The van der Waals surface area contributed by atoms with Crippen molar-refractivity contribution in [3.05, 3.63) is 81.0 Å². The highest BCUT2D eigenvalue weighted by Gasteiger charge is 2.24. The van der Waals surface area contributed by atoms with Gasteiger partial charge in [0.25, 0.3) is 5.56 Å². The predicted molar refractivity (Wildman–Crippen MR) is 121 cm³/mol. The number of halogens is 2. The first-order valence-electron chi connectivity index (χ1n) is 10.2. The van der Waals surface area contributed by atoms with Crippen LogP contribution in [0.3, 0.4) is 0 Å². The van der Waals surface area contributed by atoms with E-state index in [1.807, 2.05) is 12.1 Å². The van der Waals surface area contributed by atoms with Crippen LogP contribution in [0.1, 0.15) is 49.1 Å². The van der Waals surface area contributed by atoms with Crippen LogP contribution in [0.2, 0.25) is 5.02 Å². The SMILES string of the molecule is O=c1c(C2CCCCC2)c(-c2ccc(CS(=O)O)cc2)cnn1-c1ccc(F)c(Cl)c1. The molecular formula is C23H22ClFN2O3S. The van der Waals surface area contributed by atoms with E-state index < -0.39 is 16.9 Å². The summed E-state index contributed by atoms with van der Waals surface area (Å²) >= 11 is 4.01. The number of hydrogen-bond acceptors (Lipinski definition) is 3. The van der Waals surface area contributed by atoms with Crippen LogP contribution < -0.4 is 5.56 Å². The number of rotatable bonds is 5. The van der Waals surface area contributed by atoms with Crippen LogP contribution in [0.15, 0.2) is 53.5 Å². The second-order valence-corrected chi connectivity index (χ2v) is 9.12. The highest BCUT2D eigenvalue weighted by atomic mass is 35.5. The molecule has 4 rings (SSSR count). The number of nitrogens with zero attached hydrogens (tertiary/aromatic N) is 2. The topological polar surface area (TPSA) is 72.2 Å². The Kier molecular flexibility index (Phi) is 6.65. The summed E-state index contributed by atoms with van der Waals surface area (Å²) in [5.41, 5.74) is 3.23. The van der Waals surface area contributed by atoms with Crippen LogP contribution in [0.5, 0.6) is 0 Å². The molecular weight excluding hydrogens is 439 g/mol. The van der Waals surface area contributed by atoms with E-state index in [9.17, 15) is 13.4 Å². The molecule has 8 heteroatoms. The fourth-order valence-corrected chi connectivity index (χ4v) is 4.86. The van der Waals surface area contributed by atoms with Crippen molar-refractivity contribution in [2.45, 2.75) is 43.8 Å². The lowest BCUT2D eigenvalue weighted by atomic mass is 9.82. The standard InChI is InChI=1S/C23H22ClFN2O3S/c24-20-12-18(10-11-21(20)25)27-23(28)22(17-4-2-1-3-5-17)19(13-26-27)16-8-6-15(7-9-16)14-31(29)30/h6-13,17H,1-5,14H2,(H,29,30). The van der Waals surface area contributed by atoms with Crippen molar-refractivity contribution >= 4 is 22.7 Å². The van der Waals surface area contributed by atoms with E-state index >= 15 is 0 Å². The normalized spacial score (nSPS) is 15.7. The summed E-state index contributed by atoms with van der Waals surface area (Å²) in [6, 6.07) is 11.4. The Hall–Kier alpha value is -2.35. The van der Waals surface area contributed by atoms with Crippen LogP contribution in [-0.4, -0.2) is 18.5 Å². The van der Waals surface area contributed by atoms with Gasteiger partial charge in [0.1, 0.15) is 5.82 Å². The molecule has 0 amide bonds. The molecule has 2 aromatic carbocycles. The molecule has 0 saturated heterocycles. The summed E-state index contributed by atoms with van der Waals surface area (Å²) < 4.78 is 35.1. The third-order valence-electron chi connectivity index (χ3n) is 5.73. The number of aromatic nitrogens is 2. The van der Waals surface area contributed by atoms with Gasteiger partial charge in [0.05, 0.1) is 22.7 Å². The molecule has 162 valence electrons. The second-order valence-electron chi connectivity index (χ2n) is 7.78. The smallest absolute Gasteiger partial charge is 0.275 e. The molecule has 1 aliphatic carbocycles. The zero-order valence-corrected chi connectivity index (χ0v) is 18.3. The molecule has 1 N–H and O–H groups in total. The van der Waals surface area contributed by atoms with Crippen molar-refractivity contribution in [3.8, 4) is 16.8 Å². The Balaban J connectivity index is 1.83. The van der Waals surface area contributed by atoms with Crippen molar-refractivity contribution in [2.75, 3.05) is 0 Å². The first-order chi connectivity index (χ1) is 14.9. The third kappa shape index (κ3) is 4.79. The minimum Gasteiger partial charge on any atom is -0.306 e. The van der Waals surface area contributed by atoms with Crippen molar-refractivity contribution in [3.63, 3.8) is 0 Å². The summed E-state index contributed by atoms with van der Waals surface area (Å²) in [7, 11) is 0.